The lowest BCUT2D eigenvalue weighted by atomic mass is 10.2. The molecule has 0 radical (unpaired) electrons. The highest BCUT2D eigenvalue weighted by Crippen LogP contribution is 2.24. The lowest BCUT2D eigenvalue weighted by Crippen LogP contribution is -2.27. The number of carbonyl (C=O) groups is 1. The predicted octanol–water partition coefficient (Wildman–Crippen LogP) is 2.07. The number of carboxylic acid groups (broad SMARTS) is 1. The Labute approximate surface area is 126 Å². The van der Waals surface area contributed by atoms with Crippen LogP contribution >= 0.6 is 11.3 Å². The number of nitrogen functional groups attached to an aromatic ring is 1. The fourth-order valence-corrected chi connectivity index (χ4v) is 3.96. The minimum absolute atomic E-state index is 0.0576. The Morgan fingerprint density at radius 2 is 2.10 bits per heavy atom. The quantitative estimate of drug-likeness (QED) is 0.729. The van der Waals surface area contributed by atoms with Crippen molar-refractivity contribution in [2.75, 3.05) is 5.73 Å². The maximum atomic E-state index is 12.3. The number of carboxylic acids is 1. The van der Waals surface area contributed by atoms with E-state index in [-0.39, 0.29) is 16.1 Å². The van der Waals surface area contributed by atoms with Gasteiger partial charge >= 0.3 is 5.97 Å². The third kappa shape index (κ3) is 3.41. The first-order valence-corrected chi connectivity index (χ1v) is 8.36. The van der Waals surface area contributed by atoms with Crippen LogP contribution in [0.15, 0.2) is 40.6 Å². The second-order valence-electron chi connectivity index (χ2n) is 4.42. The van der Waals surface area contributed by atoms with Gasteiger partial charge in [-0.2, -0.15) is 0 Å². The van der Waals surface area contributed by atoms with E-state index in [4.69, 9.17) is 10.8 Å². The van der Waals surface area contributed by atoms with E-state index in [1.807, 2.05) is 17.5 Å². The molecule has 2 rings (SSSR count). The smallest absolute Gasteiger partial charge is 0.335 e. The zero-order valence-electron chi connectivity index (χ0n) is 11.1. The lowest BCUT2D eigenvalue weighted by Gasteiger charge is -2.14. The van der Waals surface area contributed by atoms with Crippen molar-refractivity contribution < 1.29 is 18.3 Å². The van der Waals surface area contributed by atoms with E-state index in [2.05, 4.69) is 4.72 Å². The summed E-state index contributed by atoms with van der Waals surface area (Å²) in [4.78, 5) is 11.6. The van der Waals surface area contributed by atoms with E-state index in [1.54, 1.807) is 6.92 Å². The van der Waals surface area contributed by atoms with Gasteiger partial charge in [-0.15, -0.1) is 11.3 Å². The second kappa shape index (κ2) is 5.84. The number of sulfonamides is 1. The first-order valence-electron chi connectivity index (χ1n) is 6.00. The van der Waals surface area contributed by atoms with Gasteiger partial charge in [-0.05, 0) is 36.6 Å². The normalized spacial score (nSPS) is 13.0. The van der Waals surface area contributed by atoms with Crippen molar-refractivity contribution in [3.8, 4) is 0 Å². The van der Waals surface area contributed by atoms with Crippen LogP contribution in [0.4, 0.5) is 5.69 Å². The highest BCUT2D eigenvalue weighted by Gasteiger charge is 2.22. The Kier molecular flexibility index (Phi) is 4.31. The van der Waals surface area contributed by atoms with Gasteiger partial charge in [0.25, 0.3) is 0 Å². The van der Waals surface area contributed by atoms with Gasteiger partial charge in [0.05, 0.1) is 17.3 Å². The maximum absolute atomic E-state index is 12.3. The molecule has 8 heteroatoms. The van der Waals surface area contributed by atoms with Gasteiger partial charge in [0.15, 0.2) is 0 Å². The molecule has 6 nitrogen and oxygen atoms in total. The van der Waals surface area contributed by atoms with Crippen LogP contribution in [0.25, 0.3) is 0 Å². The summed E-state index contributed by atoms with van der Waals surface area (Å²) >= 11 is 1.44. The van der Waals surface area contributed by atoms with Gasteiger partial charge in [0.2, 0.25) is 10.0 Å². The molecule has 1 heterocycles. The fraction of sp³-hybridized carbons (Fsp3) is 0.154. The Morgan fingerprint density at radius 1 is 1.38 bits per heavy atom. The Balaban J connectivity index is 2.29. The van der Waals surface area contributed by atoms with Crippen LogP contribution in [0.3, 0.4) is 0 Å². The molecule has 1 unspecified atom stereocenters. The maximum Gasteiger partial charge on any atom is 0.335 e. The van der Waals surface area contributed by atoms with Crippen LogP contribution in [-0.2, 0) is 10.0 Å². The van der Waals surface area contributed by atoms with Gasteiger partial charge in [-0.3, -0.25) is 0 Å². The summed E-state index contributed by atoms with van der Waals surface area (Å²) in [7, 11) is -3.82. The monoisotopic (exact) mass is 326 g/mol. The third-order valence-corrected chi connectivity index (χ3v) is 5.52. The summed E-state index contributed by atoms with van der Waals surface area (Å²) in [6.07, 6.45) is 0. The van der Waals surface area contributed by atoms with Gasteiger partial charge in [0, 0.05) is 4.88 Å². The molecular weight excluding hydrogens is 312 g/mol. The summed E-state index contributed by atoms with van der Waals surface area (Å²) in [5.41, 5.74) is 5.51. The number of hydrogen-bond acceptors (Lipinski definition) is 5. The zero-order chi connectivity index (χ0) is 15.6. The summed E-state index contributed by atoms with van der Waals surface area (Å²) < 4.78 is 27.1. The molecule has 2 aromatic rings. The van der Waals surface area contributed by atoms with Crippen molar-refractivity contribution in [1.82, 2.24) is 4.72 Å². The Hall–Kier alpha value is -1.90. The minimum Gasteiger partial charge on any atom is -0.478 e. The molecule has 1 atom stereocenters. The van der Waals surface area contributed by atoms with Crippen LogP contribution in [0.5, 0.6) is 0 Å². The highest BCUT2D eigenvalue weighted by molar-refractivity contribution is 7.89. The lowest BCUT2D eigenvalue weighted by molar-refractivity contribution is 0.0697. The number of nitrogens with two attached hydrogens (primary N) is 1. The van der Waals surface area contributed by atoms with E-state index in [0.717, 1.165) is 10.9 Å². The number of benzene rings is 1. The zero-order valence-corrected chi connectivity index (χ0v) is 12.7. The highest BCUT2D eigenvalue weighted by atomic mass is 32.2. The summed E-state index contributed by atoms with van der Waals surface area (Å²) in [6, 6.07) is 6.81. The molecule has 21 heavy (non-hydrogen) atoms. The summed E-state index contributed by atoms with van der Waals surface area (Å²) in [5.74, 6) is -1.16. The van der Waals surface area contributed by atoms with Crippen LogP contribution in [0, 0.1) is 0 Å². The molecule has 0 aliphatic rings. The number of hydrogen-bond donors (Lipinski definition) is 3. The van der Waals surface area contributed by atoms with E-state index in [9.17, 15) is 13.2 Å². The molecule has 112 valence electrons. The number of anilines is 1. The SMILES string of the molecule is CC(NS(=O)(=O)c1ccc(C(=O)O)cc1N)c1cccs1. The fourth-order valence-electron chi connectivity index (χ4n) is 1.82. The minimum atomic E-state index is -3.82. The largest absolute Gasteiger partial charge is 0.478 e. The molecule has 0 saturated carbocycles. The van der Waals surface area contributed by atoms with Gasteiger partial charge in [-0.1, -0.05) is 6.07 Å². The van der Waals surface area contributed by atoms with Crippen molar-refractivity contribution in [1.29, 1.82) is 0 Å². The first-order chi connectivity index (χ1) is 9.81. The summed E-state index contributed by atoms with van der Waals surface area (Å²) in [5, 5.41) is 10.7. The molecule has 4 N–H and O–H groups in total. The molecule has 0 bridgehead atoms. The number of rotatable bonds is 5. The van der Waals surface area contributed by atoms with Crippen molar-refractivity contribution in [2.45, 2.75) is 17.9 Å². The molecular formula is C13H14N2O4S2. The average molecular weight is 326 g/mol. The molecule has 0 aliphatic carbocycles. The first kappa shape index (κ1) is 15.5. The van der Waals surface area contributed by atoms with E-state index < -0.39 is 22.0 Å². The molecule has 0 aliphatic heterocycles. The standard InChI is InChI=1S/C13H14N2O4S2/c1-8(11-3-2-6-20-11)15-21(18,19)12-5-4-9(13(16)17)7-10(12)14/h2-8,15H,14H2,1H3,(H,16,17). The van der Waals surface area contributed by atoms with Crippen molar-refractivity contribution >= 4 is 33.0 Å². The van der Waals surface area contributed by atoms with Crippen molar-refractivity contribution in [3.63, 3.8) is 0 Å². The van der Waals surface area contributed by atoms with Crippen molar-refractivity contribution in [2.24, 2.45) is 0 Å². The third-order valence-electron chi connectivity index (χ3n) is 2.85. The van der Waals surface area contributed by atoms with Gasteiger partial charge in [0.1, 0.15) is 4.90 Å². The Bertz CT molecular complexity index is 754. The molecule has 0 fully saturated rings. The van der Waals surface area contributed by atoms with E-state index in [0.29, 0.717) is 0 Å². The van der Waals surface area contributed by atoms with Crippen LogP contribution in [0.2, 0.25) is 0 Å². The predicted molar refractivity (Wildman–Crippen MR) is 80.9 cm³/mol. The van der Waals surface area contributed by atoms with Crippen LogP contribution in [0.1, 0.15) is 28.2 Å². The van der Waals surface area contributed by atoms with Gasteiger partial charge in [-0.25, -0.2) is 17.9 Å². The summed E-state index contributed by atoms with van der Waals surface area (Å²) in [6.45, 7) is 1.73. The van der Waals surface area contributed by atoms with Gasteiger partial charge < -0.3 is 10.8 Å². The van der Waals surface area contributed by atoms with E-state index in [1.165, 1.54) is 23.5 Å². The molecule has 0 spiro atoms. The van der Waals surface area contributed by atoms with Crippen molar-refractivity contribution in [3.05, 3.63) is 46.2 Å². The second-order valence-corrected chi connectivity index (χ2v) is 7.08. The van der Waals surface area contributed by atoms with E-state index >= 15 is 0 Å². The average Bonchev–Trinajstić information content (AvgIpc) is 2.91. The molecule has 1 aromatic heterocycles. The number of thiophene rings is 1. The molecule has 0 amide bonds. The molecule has 1 aromatic carbocycles. The number of nitrogens with one attached hydrogen (secondary N) is 1. The van der Waals surface area contributed by atoms with Crippen LogP contribution in [-0.4, -0.2) is 19.5 Å². The molecule has 0 saturated heterocycles. The number of aromatic carboxylic acids is 1. The topological polar surface area (TPSA) is 109 Å². The Morgan fingerprint density at radius 3 is 2.62 bits per heavy atom. The van der Waals surface area contributed by atoms with Crippen LogP contribution < -0.4 is 10.5 Å².